The van der Waals surface area contributed by atoms with E-state index in [0.29, 0.717) is 49.1 Å². The topological polar surface area (TPSA) is 70.7 Å². The molecule has 1 saturated heterocycles. The van der Waals surface area contributed by atoms with Crippen LogP contribution in [0.15, 0.2) is 12.1 Å². The van der Waals surface area contributed by atoms with Crippen LogP contribution in [-0.2, 0) is 16.0 Å². The lowest BCUT2D eigenvalue weighted by molar-refractivity contribution is -0.126. The van der Waals surface area contributed by atoms with E-state index in [1.54, 1.807) is 18.1 Å². The standard InChI is InChI=1S/C20H27Cl2N3O3/c1-28-12-2-9-23-19(26)13-7-10-25(11-8-13)20(27)24-17-6-4-15-14(17)3-5-16(21)18(15)22/h3,5,13,17H,2,4,6-12H2,1H3,(H,23,26)(H,24,27). The molecule has 1 aromatic rings. The van der Waals surface area contributed by atoms with E-state index in [1.807, 2.05) is 6.07 Å². The number of piperidine rings is 1. The van der Waals surface area contributed by atoms with Gasteiger partial charge in [0.2, 0.25) is 5.91 Å². The summed E-state index contributed by atoms with van der Waals surface area (Å²) in [6.07, 6.45) is 3.81. The molecule has 2 N–H and O–H groups in total. The highest BCUT2D eigenvalue weighted by molar-refractivity contribution is 6.42. The summed E-state index contributed by atoms with van der Waals surface area (Å²) >= 11 is 12.4. The lowest BCUT2D eigenvalue weighted by Crippen LogP contribution is -2.47. The number of hydrogen-bond acceptors (Lipinski definition) is 3. The molecule has 0 spiro atoms. The molecule has 8 heteroatoms. The summed E-state index contributed by atoms with van der Waals surface area (Å²) in [4.78, 5) is 26.7. The number of halogens is 2. The number of nitrogens with zero attached hydrogens (tertiary/aromatic N) is 1. The summed E-state index contributed by atoms with van der Waals surface area (Å²) in [5.41, 5.74) is 2.08. The zero-order valence-corrected chi connectivity index (χ0v) is 17.6. The van der Waals surface area contributed by atoms with Crippen LogP contribution >= 0.6 is 23.2 Å². The number of rotatable bonds is 6. The number of fused-ring (bicyclic) bond motifs is 1. The number of ether oxygens (including phenoxy) is 1. The van der Waals surface area contributed by atoms with Gasteiger partial charge in [-0.1, -0.05) is 29.3 Å². The van der Waals surface area contributed by atoms with Crippen LogP contribution in [0.3, 0.4) is 0 Å². The maximum Gasteiger partial charge on any atom is 0.317 e. The molecule has 1 aliphatic heterocycles. The van der Waals surface area contributed by atoms with E-state index >= 15 is 0 Å². The summed E-state index contributed by atoms with van der Waals surface area (Å²) in [5, 5.41) is 7.21. The number of likely N-dealkylation sites (tertiary alicyclic amines) is 1. The number of nitrogens with one attached hydrogen (secondary N) is 2. The molecule has 0 bridgehead atoms. The van der Waals surface area contributed by atoms with Gasteiger partial charge in [-0.25, -0.2) is 4.79 Å². The van der Waals surface area contributed by atoms with Crippen LogP contribution in [-0.4, -0.2) is 50.2 Å². The van der Waals surface area contributed by atoms with Gasteiger partial charge in [0.15, 0.2) is 0 Å². The lowest BCUT2D eigenvalue weighted by atomic mass is 9.96. The molecule has 1 unspecified atom stereocenters. The van der Waals surface area contributed by atoms with Crippen molar-refractivity contribution in [2.24, 2.45) is 5.92 Å². The third-order valence-electron chi connectivity index (χ3n) is 5.57. The van der Waals surface area contributed by atoms with E-state index in [-0.39, 0.29) is 23.9 Å². The number of carbonyl (C=O) groups is 2. The Morgan fingerprint density at radius 1 is 1.21 bits per heavy atom. The average Bonchev–Trinajstić information content (AvgIpc) is 3.11. The van der Waals surface area contributed by atoms with Crippen molar-refractivity contribution in [3.63, 3.8) is 0 Å². The molecule has 1 heterocycles. The molecular formula is C20H27Cl2N3O3. The third-order valence-corrected chi connectivity index (χ3v) is 6.41. The molecule has 1 aliphatic carbocycles. The minimum atomic E-state index is -0.0807. The first-order valence-electron chi connectivity index (χ1n) is 9.80. The fraction of sp³-hybridized carbons (Fsp3) is 0.600. The molecule has 0 saturated carbocycles. The van der Waals surface area contributed by atoms with E-state index in [0.717, 1.165) is 30.4 Å². The molecule has 1 aromatic carbocycles. The van der Waals surface area contributed by atoms with Crippen molar-refractivity contribution in [2.45, 2.75) is 38.1 Å². The number of urea groups is 1. The maximum atomic E-state index is 12.7. The van der Waals surface area contributed by atoms with Gasteiger partial charge >= 0.3 is 6.03 Å². The number of hydrogen-bond donors (Lipinski definition) is 2. The Labute approximate surface area is 175 Å². The lowest BCUT2D eigenvalue weighted by Gasteiger charge is -2.32. The van der Waals surface area contributed by atoms with Crippen LogP contribution in [0.25, 0.3) is 0 Å². The summed E-state index contributed by atoms with van der Waals surface area (Å²) in [5.74, 6) is 0.0483. The largest absolute Gasteiger partial charge is 0.385 e. The van der Waals surface area contributed by atoms with Crippen LogP contribution in [0.5, 0.6) is 0 Å². The molecule has 1 atom stereocenters. The first-order valence-corrected chi connectivity index (χ1v) is 10.6. The molecule has 3 rings (SSSR count). The summed E-state index contributed by atoms with van der Waals surface area (Å²) in [6, 6.07) is 3.60. The summed E-state index contributed by atoms with van der Waals surface area (Å²) < 4.78 is 4.98. The molecule has 2 aliphatic rings. The molecule has 0 aromatic heterocycles. The van der Waals surface area contributed by atoms with Crippen LogP contribution in [0.1, 0.15) is 42.9 Å². The van der Waals surface area contributed by atoms with Crippen molar-refractivity contribution in [3.8, 4) is 0 Å². The monoisotopic (exact) mass is 427 g/mol. The van der Waals surface area contributed by atoms with Crippen LogP contribution in [0, 0.1) is 5.92 Å². The van der Waals surface area contributed by atoms with E-state index < -0.39 is 0 Å². The zero-order valence-electron chi connectivity index (χ0n) is 16.1. The maximum absolute atomic E-state index is 12.7. The van der Waals surface area contributed by atoms with Gasteiger partial charge in [-0.2, -0.15) is 0 Å². The van der Waals surface area contributed by atoms with Crippen molar-refractivity contribution < 1.29 is 14.3 Å². The average molecular weight is 428 g/mol. The summed E-state index contributed by atoms with van der Waals surface area (Å²) in [6.45, 7) is 2.44. The predicted molar refractivity (Wildman–Crippen MR) is 110 cm³/mol. The van der Waals surface area contributed by atoms with Crippen molar-refractivity contribution in [1.29, 1.82) is 0 Å². The molecule has 1 fully saturated rings. The molecule has 3 amide bonds. The zero-order chi connectivity index (χ0) is 20.1. The van der Waals surface area contributed by atoms with Gasteiger partial charge in [-0.15, -0.1) is 0 Å². The van der Waals surface area contributed by atoms with Gasteiger partial charge in [0.25, 0.3) is 0 Å². The van der Waals surface area contributed by atoms with Crippen LogP contribution in [0.2, 0.25) is 10.0 Å². The fourth-order valence-electron chi connectivity index (χ4n) is 3.94. The number of amides is 3. The Morgan fingerprint density at radius 3 is 2.68 bits per heavy atom. The van der Waals surface area contributed by atoms with Gasteiger partial charge in [0.1, 0.15) is 0 Å². The highest BCUT2D eigenvalue weighted by atomic mass is 35.5. The van der Waals surface area contributed by atoms with E-state index in [2.05, 4.69) is 10.6 Å². The number of carbonyl (C=O) groups excluding carboxylic acids is 2. The van der Waals surface area contributed by atoms with Crippen molar-refractivity contribution in [2.75, 3.05) is 33.4 Å². The fourth-order valence-corrected chi connectivity index (χ4v) is 4.38. The SMILES string of the molecule is COCCCNC(=O)C1CCN(C(=O)NC2CCc3c2ccc(Cl)c3Cl)CC1. The van der Waals surface area contributed by atoms with Crippen molar-refractivity contribution in [1.82, 2.24) is 15.5 Å². The van der Waals surface area contributed by atoms with Crippen LogP contribution in [0.4, 0.5) is 4.79 Å². The highest BCUT2D eigenvalue weighted by Gasteiger charge is 2.31. The van der Waals surface area contributed by atoms with Crippen molar-refractivity contribution in [3.05, 3.63) is 33.3 Å². The van der Waals surface area contributed by atoms with Crippen LogP contribution < -0.4 is 10.6 Å². The van der Waals surface area contributed by atoms with Gasteiger partial charge in [0.05, 0.1) is 16.1 Å². The Bertz CT molecular complexity index is 721. The Balaban J connectivity index is 1.47. The Hall–Kier alpha value is -1.50. The first-order chi connectivity index (χ1) is 13.5. The molecule has 0 radical (unpaired) electrons. The highest BCUT2D eigenvalue weighted by Crippen LogP contribution is 2.39. The molecular weight excluding hydrogens is 401 g/mol. The van der Waals surface area contributed by atoms with Gasteiger partial charge in [-0.05, 0) is 49.3 Å². The number of benzene rings is 1. The molecule has 28 heavy (non-hydrogen) atoms. The Kier molecular flexibility index (Phi) is 7.43. The third kappa shape index (κ3) is 4.91. The van der Waals surface area contributed by atoms with Crippen molar-refractivity contribution >= 4 is 35.1 Å². The van der Waals surface area contributed by atoms with E-state index in [1.165, 1.54) is 0 Å². The molecule has 6 nitrogen and oxygen atoms in total. The summed E-state index contributed by atoms with van der Waals surface area (Å²) in [7, 11) is 1.65. The normalized spacial score (nSPS) is 19.4. The van der Waals surface area contributed by atoms with Gasteiger partial charge in [-0.3, -0.25) is 4.79 Å². The van der Waals surface area contributed by atoms with E-state index in [9.17, 15) is 9.59 Å². The minimum absolute atomic E-state index is 0.0280. The Morgan fingerprint density at radius 2 is 1.96 bits per heavy atom. The molecule has 154 valence electrons. The second kappa shape index (κ2) is 9.81. The minimum Gasteiger partial charge on any atom is -0.385 e. The number of methoxy groups -OCH3 is 1. The first kappa shape index (κ1) is 21.2. The van der Waals surface area contributed by atoms with E-state index in [4.69, 9.17) is 27.9 Å². The smallest absolute Gasteiger partial charge is 0.317 e. The van der Waals surface area contributed by atoms with Gasteiger partial charge < -0.3 is 20.3 Å². The second-order valence-electron chi connectivity index (χ2n) is 7.37. The second-order valence-corrected chi connectivity index (χ2v) is 8.15. The predicted octanol–water partition coefficient (Wildman–Crippen LogP) is 3.56. The van der Waals surface area contributed by atoms with Gasteiger partial charge in [0, 0.05) is 39.3 Å². The quantitative estimate of drug-likeness (QED) is 0.681.